The zero-order valence-electron chi connectivity index (χ0n) is 15.6. The lowest BCUT2D eigenvalue weighted by atomic mass is 10.0. The van der Waals surface area contributed by atoms with E-state index < -0.39 is 25.5 Å². The highest BCUT2D eigenvalue weighted by atomic mass is 32.2. The summed E-state index contributed by atoms with van der Waals surface area (Å²) < 4.78 is 23.5. The lowest BCUT2D eigenvalue weighted by Crippen LogP contribution is -2.52. The second kappa shape index (κ2) is 8.09. The molecule has 1 aromatic rings. The minimum atomic E-state index is -4.16. The van der Waals surface area contributed by atoms with E-state index in [9.17, 15) is 18.5 Å². The number of anilines is 1. The molecule has 0 bridgehead atoms. The highest BCUT2D eigenvalue weighted by Gasteiger charge is 2.31. The van der Waals surface area contributed by atoms with E-state index in [-0.39, 0.29) is 0 Å². The Hall–Kier alpha value is -1.75. The van der Waals surface area contributed by atoms with Crippen molar-refractivity contribution in [3.63, 3.8) is 0 Å². The molecule has 0 saturated carbocycles. The van der Waals surface area contributed by atoms with Gasteiger partial charge in [-0.15, -0.1) is 0 Å². The number of rotatable bonds is 5. The zero-order valence-corrected chi connectivity index (χ0v) is 16.4. The molecule has 0 aromatic heterocycles. The van der Waals surface area contributed by atoms with Crippen molar-refractivity contribution in [3.8, 4) is 0 Å². The van der Waals surface area contributed by atoms with Crippen LogP contribution < -0.4 is 10.0 Å². The number of benzene rings is 1. The fourth-order valence-electron chi connectivity index (χ4n) is 4.02. The number of nitrogens with zero attached hydrogens (tertiary/aromatic N) is 4. The Morgan fingerprint density at radius 2 is 1.89 bits per heavy atom. The number of hydrogen-bond donors (Lipinski definition) is 1. The predicted molar refractivity (Wildman–Crippen MR) is 103 cm³/mol. The van der Waals surface area contributed by atoms with Crippen molar-refractivity contribution in [1.29, 1.82) is 0 Å². The number of piperidine rings is 1. The molecule has 2 N–H and O–H groups in total. The van der Waals surface area contributed by atoms with Gasteiger partial charge in [-0.3, -0.25) is 15.0 Å². The molecule has 0 aliphatic carbocycles. The third kappa shape index (κ3) is 4.57. The molecule has 0 radical (unpaired) electrons. The van der Waals surface area contributed by atoms with Gasteiger partial charge in [-0.05, 0) is 38.6 Å². The number of primary sulfonamides is 1. The Morgan fingerprint density at radius 1 is 1.19 bits per heavy atom. The number of piperazine rings is 1. The molecule has 9 nitrogen and oxygen atoms in total. The van der Waals surface area contributed by atoms with Crippen molar-refractivity contribution in [2.24, 2.45) is 5.14 Å². The first-order chi connectivity index (χ1) is 12.8. The van der Waals surface area contributed by atoms with E-state index in [2.05, 4.69) is 16.8 Å². The summed E-state index contributed by atoms with van der Waals surface area (Å²) in [5, 5.41) is 16.7. The van der Waals surface area contributed by atoms with Crippen LogP contribution in [0, 0.1) is 10.1 Å². The molecule has 1 aromatic carbocycles. The Labute approximate surface area is 159 Å². The molecule has 150 valence electrons. The molecule has 2 aliphatic heterocycles. The topological polar surface area (TPSA) is 113 Å². The van der Waals surface area contributed by atoms with Crippen LogP contribution in [0.25, 0.3) is 0 Å². The summed E-state index contributed by atoms with van der Waals surface area (Å²) >= 11 is 0. The predicted octanol–water partition coefficient (Wildman–Crippen LogP) is 0.849. The number of para-hydroxylation sites is 1. The van der Waals surface area contributed by atoms with Crippen LogP contribution in [0.1, 0.15) is 19.3 Å². The van der Waals surface area contributed by atoms with Crippen LogP contribution >= 0.6 is 0 Å². The smallest absolute Gasteiger partial charge is 0.312 e. The van der Waals surface area contributed by atoms with E-state index in [4.69, 9.17) is 5.14 Å². The second-order valence-corrected chi connectivity index (χ2v) is 8.87. The first-order valence-electron chi connectivity index (χ1n) is 9.25. The summed E-state index contributed by atoms with van der Waals surface area (Å²) in [6.07, 6.45) is 3.73. The normalized spacial score (nSPS) is 22.7. The summed E-state index contributed by atoms with van der Waals surface area (Å²) in [7, 11) is -1.99. The van der Waals surface area contributed by atoms with E-state index >= 15 is 0 Å². The monoisotopic (exact) mass is 397 g/mol. The highest BCUT2D eigenvalue weighted by molar-refractivity contribution is 7.89. The minimum Gasteiger partial charge on any atom is -0.363 e. The third-order valence-electron chi connectivity index (χ3n) is 5.57. The summed E-state index contributed by atoms with van der Waals surface area (Å²) in [6, 6.07) is 4.85. The van der Waals surface area contributed by atoms with E-state index in [1.165, 1.54) is 31.4 Å². The average Bonchev–Trinajstić information content (AvgIpc) is 2.63. The SMILES string of the molecule is CN1CCCCC1CN1CCN(c2cccc(S(N)(=O)=O)c2[N+](=O)[O-])CC1. The van der Waals surface area contributed by atoms with Crippen molar-refractivity contribution in [2.75, 3.05) is 51.2 Å². The lowest BCUT2D eigenvalue weighted by Gasteiger charge is -2.40. The maximum absolute atomic E-state index is 11.7. The van der Waals surface area contributed by atoms with Crippen LogP contribution in [-0.2, 0) is 10.0 Å². The number of nitro groups is 1. The molecule has 27 heavy (non-hydrogen) atoms. The molecular weight excluding hydrogens is 370 g/mol. The van der Waals surface area contributed by atoms with Crippen LogP contribution in [0.2, 0.25) is 0 Å². The highest BCUT2D eigenvalue weighted by Crippen LogP contribution is 2.34. The summed E-state index contributed by atoms with van der Waals surface area (Å²) in [6.45, 7) is 4.96. The van der Waals surface area contributed by atoms with E-state index in [0.717, 1.165) is 26.2 Å². The van der Waals surface area contributed by atoms with Gasteiger partial charge in [-0.1, -0.05) is 12.5 Å². The largest absolute Gasteiger partial charge is 0.363 e. The van der Waals surface area contributed by atoms with Gasteiger partial charge in [0, 0.05) is 38.8 Å². The van der Waals surface area contributed by atoms with Gasteiger partial charge in [0.2, 0.25) is 10.0 Å². The molecule has 3 rings (SSSR count). The maximum Gasteiger partial charge on any atom is 0.312 e. The molecule has 1 unspecified atom stereocenters. The molecule has 2 heterocycles. The number of sulfonamides is 1. The molecular formula is C17H27N5O4S. The van der Waals surface area contributed by atoms with E-state index in [0.29, 0.717) is 24.8 Å². The Kier molecular flexibility index (Phi) is 5.99. The van der Waals surface area contributed by atoms with Crippen molar-refractivity contribution in [3.05, 3.63) is 28.3 Å². The zero-order chi connectivity index (χ0) is 19.6. The van der Waals surface area contributed by atoms with Crippen molar-refractivity contribution >= 4 is 21.4 Å². The van der Waals surface area contributed by atoms with Crippen LogP contribution in [0.4, 0.5) is 11.4 Å². The number of likely N-dealkylation sites (tertiary alicyclic amines) is 1. The molecule has 2 saturated heterocycles. The third-order valence-corrected chi connectivity index (χ3v) is 6.51. The quantitative estimate of drug-likeness (QED) is 0.579. The van der Waals surface area contributed by atoms with Crippen LogP contribution in [-0.4, -0.2) is 75.5 Å². The van der Waals surface area contributed by atoms with Crippen LogP contribution in [0.3, 0.4) is 0 Å². The lowest BCUT2D eigenvalue weighted by molar-refractivity contribution is -0.387. The second-order valence-electron chi connectivity index (χ2n) is 7.34. The van der Waals surface area contributed by atoms with Gasteiger partial charge >= 0.3 is 5.69 Å². The Morgan fingerprint density at radius 3 is 2.48 bits per heavy atom. The van der Waals surface area contributed by atoms with Gasteiger partial charge in [-0.25, -0.2) is 13.6 Å². The van der Waals surface area contributed by atoms with Gasteiger partial charge < -0.3 is 9.80 Å². The van der Waals surface area contributed by atoms with E-state index in [1.54, 1.807) is 6.07 Å². The molecule has 2 aliphatic rings. The number of hydrogen-bond acceptors (Lipinski definition) is 7. The average molecular weight is 398 g/mol. The summed E-state index contributed by atoms with van der Waals surface area (Å²) in [5.74, 6) is 0. The van der Waals surface area contributed by atoms with E-state index in [1.807, 2.05) is 4.90 Å². The fraction of sp³-hybridized carbons (Fsp3) is 0.647. The number of nitro benzene ring substituents is 1. The van der Waals surface area contributed by atoms with Crippen LogP contribution in [0.15, 0.2) is 23.1 Å². The van der Waals surface area contributed by atoms with Crippen molar-refractivity contribution in [1.82, 2.24) is 9.80 Å². The first-order valence-corrected chi connectivity index (χ1v) is 10.8. The minimum absolute atomic E-state index is 0.320. The van der Waals surface area contributed by atoms with Gasteiger partial charge in [0.15, 0.2) is 4.90 Å². The molecule has 2 fully saturated rings. The number of likely N-dealkylation sites (N-methyl/N-ethyl adjacent to an activating group) is 1. The van der Waals surface area contributed by atoms with Crippen molar-refractivity contribution in [2.45, 2.75) is 30.2 Å². The first kappa shape index (κ1) is 20.0. The molecule has 1 atom stereocenters. The van der Waals surface area contributed by atoms with Crippen LogP contribution in [0.5, 0.6) is 0 Å². The fourth-order valence-corrected chi connectivity index (χ4v) is 4.74. The maximum atomic E-state index is 11.7. The summed E-state index contributed by atoms with van der Waals surface area (Å²) in [4.78, 5) is 17.1. The van der Waals surface area contributed by atoms with Gasteiger partial charge in [0.1, 0.15) is 5.69 Å². The summed E-state index contributed by atoms with van der Waals surface area (Å²) in [5.41, 5.74) is -0.110. The molecule has 0 amide bonds. The molecule has 0 spiro atoms. The standard InChI is InChI=1S/C17H27N5O4S/c1-19-8-3-2-5-14(19)13-20-9-11-21(12-10-20)15-6-4-7-16(27(18,25)26)17(15)22(23)24/h4,6-7,14H,2-3,5,8-13H2,1H3,(H2,18,25,26). The van der Waals surface area contributed by atoms with Gasteiger partial charge in [0.05, 0.1) is 4.92 Å². The van der Waals surface area contributed by atoms with Gasteiger partial charge in [-0.2, -0.15) is 0 Å². The Bertz CT molecular complexity index is 793. The molecule has 10 heteroatoms. The number of nitrogens with two attached hydrogens (primary N) is 1. The van der Waals surface area contributed by atoms with Crippen molar-refractivity contribution < 1.29 is 13.3 Å². The van der Waals surface area contributed by atoms with Gasteiger partial charge in [0.25, 0.3) is 0 Å². The Balaban J connectivity index is 1.72.